The van der Waals surface area contributed by atoms with Crippen LogP contribution in [0, 0.1) is 0 Å². The van der Waals surface area contributed by atoms with Gasteiger partial charge < -0.3 is 4.90 Å². The molecular weight excluding hydrogens is 311 g/mol. The van der Waals surface area contributed by atoms with Crippen molar-refractivity contribution in [2.75, 3.05) is 13.1 Å². The van der Waals surface area contributed by atoms with E-state index in [1.54, 1.807) is 11.0 Å². The quantitative estimate of drug-likeness (QED) is 0.919. The standard InChI is InChI=1S/C14H14F3N5O/c15-14(16,17)11-7-10(20-21-11)9-3-1-6-22(8-9)13(23)12-18-4-2-5-19-12/h2,4-5,7,9H,1,3,6,8H2,(H,20,21). The van der Waals surface area contributed by atoms with Crippen molar-refractivity contribution >= 4 is 5.91 Å². The molecule has 3 heterocycles. The van der Waals surface area contributed by atoms with Crippen molar-refractivity contribution in [2.45, 2.75) is 24.9 Å². The smallest absolute Gasteiger partial charge is 0.335 e. The van der Waals surface area contributed by atoms with Crippen LogP contribution >= 0.6 is 0 Å². The summed E-state index contributed by atoms with van der Waals surface area (Å²) in [6.07, 6.45) is -0.127. The molecule has 2 aromatic heterocycles. The van der Waals surface area contributed by atoms with Gasteiger partial charge in [0.15, 0.2) is 5.69 Å². The fourth-order valence-electron chi connectivity index (χ4n) is 2.66. The van der Waals surface area contributed by atoms with Crippen LogP contribution in [0.1, 0.15) is 40.8 Å². The molecule has 3 rings (SSSR count). The van der Waals surface area contributed by atoms with Crippen molar-refractivity contribution in [2.24, 2.45) is 0 Å². The van der Waals surface area contributed by atoms with Crippen LogP contribution in [0.4, 0.5) is 13.2 Å². The number of amides is 1. The van der Waals surface area contributed by atoms with Crippen molar-refractivity contribution in [3.05, 3.63) is 41.7 Å². The minimum absolute atomic E-state index is 0.0914. The maximum atomic E-state index is 12.6. The van der Waals surface area contributed by atoms with Crippen LogP contribution < -0.4 is 0 Å². The van der Waals surface area contributed by atoms with Crippen molar-refractivity contribution in [1.29, 1.82) is 0 Å². The van der Waals surface area contributed by atoms with Gasteiger partial charge in [0, 0.05) is 37.1 Å². The number of H-pyrrole nitrogens is 1. The van der Waals surface area contributed by atoms with E-state index in [4.69, 9.17) is 0 Å². The summed E-state index contributed by atoms with van der Waals surface area (Å²) < 4.78 is 37.9. The number of hydrogen-bond donors (Lipinski definition) is 1. The topological polar surface area (TPSA) is 74.8 Å². The molecule has 9 heteroatoms. The summed E-state index contributed by atoms with van der Waals surface area (Å²) in [5.41, 5.74) is -0.550. The summed E-state index contributed by atoms with van der Waals surface area (Å²) in [6, 6.07) is 2.62. The highest BCUT2D eigenvalue weighted by Crippen LogP contribution is 2.32. The molecule has 0 bridgehead atoms. The second kappa shape index (κ2) is 5.98. The second-order valence-electron chi connectivity index (χ2n) is 5.37. The Morgan fingerprint density at radius 1 is 1.30 bits per heavy atom. The average molecular weight is 325 g/mol. The molecule has 1 aliphatic heterocycles. The van der Waals surface area contributed by atoms with Crippen LogP contribution in [-0.4, -0.2) is 44.1 Å². The molecule has 1 N–H and O–H groups in total. The van der Waals surface area contributed by atoms with E-state index in [9.17, 15) is 18.0 Å². The number of hydrogen-bond acceptors (Lipinski definition) is 4. The first-order valence-corrected chi connectivity index (χ1v) is 7.14. The summed E-state index contributed by atoms with van der Waals surface area (Å²) in [6.45, 7) is 0.852. The van der Waals surface area contributed by atoms with Crippen LogP contribution in [-0.2, 0) is 6.18 Å². The Morgan fingerprint density at radius 2 is 2.04 bits per heavy atom. The number of carbonyl (C=O) groups is 1. The number of nitrogens with zero attached hydrogens (tertiary/aromatic N) is 4. The maximum Gasteiger partial charge on any atom is 0.435 e. The van der Waals surface area contributed by atoms with Gasteiger partial charge in [-0.15, -0.1) is 0 Å². The lowest BCUT2D eigenvalue weighted by molar-refractivity contribution is -0.141. The number of aromatic amines is 1. The first kappa shape index (κ1) is 15.4. The predicted molar refractivity (Wildman–Crippen MR) is 73.5 cm³/mol. The molecule has 0 saturated carbocycles. The molecule has 1 amide bonds. The number of alkyl halides is 3. The van der Waals surface area contributed by atoms with Crippen molar-refractivity contribution in [3.63, 3.8) is 0 Å². The lowest BCUT2D eigenvalue weighted by Gasteiger charge is -2.31. The molecule has 122 valence electrons. The first-order chi connectivity index (χ1) is 10.9. The van der Waals surface area contributed by atoms with Crippen molar-refractivity contribution < 1.29 is 18.0 Å². The molecule has 23 heavy (non-hydrogen) atoms. The minimum atomic E-state index is -4.48. The van der Waals surface area contributed by atoms with E-state index < -0.39 is 11.9 Å². The second-order valence-corrected chi connectivity index (χ2v) is 5.37. The van der Waals surface area contributed by atoms with Gasteiger partial charge in [-0.2, -0.15) is 18.3 Å². The monoisotopic (exact) mass is 325 g/mol. The largest absolute Gasteiger partial charge is 0.435 e. The minimum Gasteiger partial charge on any atom is -0.335 e. The first-order valence-electron chi connectivity index (χ1n) is 7.14. The predicted octanol–water partition coefficient (Wildman–Crippen LogP) is 2.24. The number of nitrogens with one attached hydrogen (secondary N) is 1. The molecule has 1 atom stereocenters. The molecule has 1 aliphatic rings. The lowest BCUT2D eigenvalue weighted by Crippen LogP contribution is -2.39. The van der Waals surface area contributed by atoms with Gasteiger partial charge in [-0.3, -0.25) is 9.89 Å². The fourth-order valence-corrected chi connectivity index (χ4v) is 2.66. The van der Waals surface area contributed by atoms with Gasteiger partial charge in [-0.25, -0.2) is 9.97 Å². The van der Waals surface area contributed by atoms with Gasteiger partial charge in [0.1, 0.15) is 0 Å². The highest BCUT2D eigenvalue weighted by molar-refractivity contribution is 5.90. The van der Waals surface area contributed by atoms with E-state index in [1.165, 1.54) is 12.4 Å². The Hall–Kier alpha value is -2.45. The molecule has 0 aliphatic carbocycles. The van der Waals surface area contributed by atoms with Crippen LogP contribution in [0.5, 0.6) is 0 Å². The third kappa shape index (κ3) is 3.33. The Morgan fingerprint density at radius 3 is 2.70 bits per heavy atom. The van der Waals surface area contributed by atoms with Gasteiger partial charge in [0.05, 0.1) is 0 Å². The van der Waals surface area contributed by atoms with Crippen molar-refractivity contribution in [1.82, 2.24) is 25.1 Å². The molecule has 6 nitrogen and oxygen atoms in total. The number of likely N-dealkylation sites (tertiary alicyclic amines) is 1. The normalized spacial score (nSPS) is 18.9. The molecule has 0 radical (unpaired) electrons. The third-order valence-corrected chi connectivity index (χ3v) is 3.79. The molecule has 1 saturated heterocycles. The SMILES string of the molecule is O=C(c1ncccn1)N1CCCC(c2cc(C(F)(F)F)n[nH]2)C1. The van der Waals surface area contributed by atoms with Crippen LogP contribution in [0.3, 0.4) is 0 Å². The van der Waals surface area contributed by atoms with E-state index in [1.807, 2.05) is 0 Å². The number of rotatable bonds is 2. The van der Waals surface area contributed by atoms with E-state index in [0.717, 1.165) is 6.07 Å². The van der Waals surface area contributed by atoms with Gasteiger partial charge in [0.25, 0.3) is 5.91 Å². The van der Waals surface area contributed by atoms with Crippen LogP contribution in [0.15, 0.2) is 24.5 Å². The van der Waals surface area contributed by atoms with E-state index >= 15 is 0 Å². The maximum absolute atomic E-state index is 12.6. The van der Waals surface area contributed by atoms with Gasteiger partial charge in [-0.1, -0.05) is 0 Å². The van der Waals surface area contributed by atoms with Crippen LogP contribution in [0.25, 0.3) is 0 Å². The zero-order valence-corrected chi connectivity index (χ0v) is 12.0. The lowest BCUT2D eigenvalue weighted by atomic mass is 9.94. The molecule has 2 aromatic rings. The zero-order valence-electron chi connectivity index (χ0n) is 12.0. The summed E-state index contributed by atoms with van der Waals surface area (Å²) in [4.78, 5) is 21.7. The molecule has 1 unspecified atom stereocenters. The highest BCUT2D eigenvalue weighted by Gasteiger charge is 2.35. The molecular formula is C14H14F3N5O. The molecule has 0 aromatic carbocycles. The van der Waals surface area contributed by atoms with E-state index in [0.29, 0.717) is 31.6 Å². The average Bonchev–Trinajstić information content (AvgIpc) is 3.05. The number of aromatic nitrogens is 4. The fraction of sp³-hybridized carbons (Fsp3) is 0.429. The highest BCUT2D eigenvalue weighted by atomic mass is 19.4. The zero-order chi connectivity index (χ0) is 16.4. The van der Waals surface area contributed by atoms with E-state index in [2.05, 4.69) is 20.2 Å². The summed E-state index contributed by atoms with van der Waals surface area (Å²) in [5, 5.41) is 5.75. The Balaban J connectivity index is 1.73. The van der Waals surface area contributed by atoms with Crippen molar-refractivity contribution in [3.8, 4) is 0 Å². The summed E-state index contributed by atoms with van der Waals surface area (Å²) >= 11 is 0. The Labute approximate surface area is 129 Å². The molecule has 0 spiro atoms. The van der Waals surface area contributed by atoms with Crippen LogP contribution in [0.2, 0.25) is 0 Å². The third-order valence-electron chi connectivity index (χ3n) is 3.79. The Kier molecular flexibility index (Phi) is 4.01. The van der Waals surface area contributed by atoms with Gasteiger partial charge in [-0.05, 0) is 25.0 Å². The Bertz CT molecular complexity index is 685. The van der Waals surface area contributed by atoms with Gasteiger partial charge in [0.2, 0.25) is 5.82 Å². The number of halogens is 3. The number of carbonyl (C=O) groups excluding carboxylic acids is 1. The molecule has 1 fully saturated rings. The summed E-state index contributed by atoms with van der Waals surface area (Å²) in [7, 11) is 0. The van der Waals surface area contributed by atoms with Gasteiger partial charge >= 0.3 is 6.18 Å². The summed E-state index contributed by atoms with van der Waals surface area (Å²) in [5.74, 6) is -0.431. The van der Waals surface area contributed by atoms with E-state index in [-0.39, 0.29) is 17.6 Å². The number of piperidine rings is 1.